The van der Waals surface area contributed by atoms with Gasteiger partial charge in [-0.25, -0.2) is 9.18 Å². The molecule has 2 amide bonds. The Kier molecular flexibility index (Phi) is 8.72. The summed E-state index contributed by atoms with van der Waals surface area (Å²) in [6, 6.07) is 9.60. The lowest BCUT2D eigenvalue weighted by Crippen LogP contribution is -2.59. The molecule has 1 aliphatic carbocycles. The molecule has 45 heavy (non-hydrogen) atoms. The van der Waals surface area contributed by atoms with Gasteiger partial charge in [-0.3, -0.25) is 19.4 Å². The lowest BCUT2D eigenvalue weighted by molar-refractivity contribution is -0.126. The van der Waals surface area contributed by atoms with Crippen molar-refractivity contribution in [1.29, 1.82) is 5.26 Å². The Morgan fingerprint density at radius 2 is 1.93 bits per heavy atom. The molecule has 5 atom stereocenters. The molecule has 240 valence electrons. The molecule has 11 heteroatoms. The Labute approximate surface area is 263 Å². The second-order valence-electron chi connectivity index (χ2n) is 13.7. The number of hydrogen-bond acceptors (Lipinski definition) is 8. The van der Waals surface area contributed by atoms with Gasteiger partial charge in [-0.1, -0.05) is 12.1 Å². The molecule has 4 aliphatic rings. The smallest absolute Gasteiger partial charge is 0.411 e. The van der Waals surface area contributed by atoms with E-state index in [0.29, 0.717) is 43.2 Å². The van der Waals surface area contributed by atoms with Gasteiger partial charge >= 0.3 is 6.09 Å². The van der Waals surface area contributed by atoms with Crippen molar-refractivity contribution in [3.8, 4) is 17.4 Å². The SMILES string of the molecule is CC(C)(C)OC(=O)N1[C@@H]2CC[C@@H](C2)[C@H]1C(=O)C[C@H](C#N)Cc1ccc(-c2ccc(C(=O)N3CCN4CCOCC4C3)o2)cc1F. The van der Waals surface area contributed by atoms with Gasteiger partial charge in [0.05, 0.1) is 37.3 Å². The summed E-state index contributed by atoms with van der Waals surface area (Å²) in [5.41, 5.74) is 0.101. The quantitative estimate of drug-likeness (QED) is 0.439. The number of carbonyl (C=O) groups excluding carboxylic acids is 3. The summed E-state index contributed by atoms with van der Waals surface area (Å²) in [6.45, 7) is 9.54. The first-order chi connectivity index (χ1) is 21.5. The number of piperazine rings is 1. The maximum Gasteiger partial charge on any atom is 0.411 e. The predicted octanol–water partition coefficient (Wildman–Crippen LogP) is 4.67. The second-order valence-corrected chi connectivity index (χ2v) is 13.7. The van der Waals surface area contributed by atoms with E-state index in [4.69, 9.17) is 13.9 Å². The van der Waals surface area contributed by atoms with Gasteiger partial charge < -0.3 is 18.8 Å². The monoisotopic (exact) mass is 620 g/mol. The van der Waals surface area contributed by atoms with Gasteiger partial charge in [-0.15, -0.1) is 0 Å². The average Bonchev–Trinajstić information content (AvgIpc) is 3.77. The van der Waals surface area contributed by atoms with Gasteiger partial charge in [0, 0.05) is 44.2 Å². The van der Waals surface area contributed by atoms with Crippen LogP contribution in [0.25, 0.3) is 11.3 Å². The number of piperidine rings is 1. The fourth-order valence-electron chi connectivity index (χ4n) is 7.33. The van der Waals surface area contributed by atoms with Crippen molar-refractivity contribution in [2.45, 2.75) is 76.6 Å². The molecule has 3 aliphatic heterocycles. The summed E-state index contributed by atoms with van der Waals surface area (Å²) in [4.78, 5) is 45.3. The van der Waals surface area contributed by atoms with Crippen LogP contribution in [0.15, 0.2) is 34.7 Å². The number of halogens is 1. The highest BCUT2D eigenvalue weighted by Gasteiger charge is 2.52. The van der Waals surface area contributed by atoms with Crippen molar-refractivity contribution in [3.63, 3.8) is 0 Å². The molecule has 0 N–H and O–H groups in total. The van der Waals surface area contributed by atoms with Crippen molar-refractivity contribution in [3.05, 3.63) is 47.5 Å². The summed E-state index contributed by atoms with van der Waals surface area (Å²) >= 11 is 0. The van der Waals surface area contributed by atoms with E-state index < -0.39 is 29.5 Å². The molecule has 3 saturated heterocycles. The molecule has 2 bridgehead atoms. The summed E-state index contributed by atoms with van der Waals surface area (Å²) in [5.74, 6) is -1.03. The standard InChI is InChI=1S/C34H41FN4O6/c1-34(2,3)45-33(42)39-25-7-6-24(16-25)31(39)28(40)15-21(18-36)14-22-4-5-23(17-27(22)35)29-8-9-30(44-29)32(41)38-11-10-37-12-13-43-20-26(37)19-38/h4-5,8-9,17,21,24-26,31H,6-7,10-16,19-20H2,1-3H3/t21-,24+,25-,26?,31+/m1/s1. The first-order valence-electron chi connectivity index (χ1n) is 15.9. The number of likely N-dealkylation sites (tertiary alicyclic amines) is 1. The molecule has 0 radical (unpaired) electrons. The summed E-state index contributed by atoms with van der Waals surface area (Å²) < 4.78 is 32.4. The van der Waals surface area contributed by atoms with Gasteiger partial charge in [0.15, 0.2) is 11.5 Å². The van der Waals surface area contributed by atoms with E-state index in [0.717, 1.165) is 32.4 Å². The van der Waals surface area contributed by atoms with Crippen LogP contribution in [-0.2, 0) is 20.7 Å². The number of benzene rings is 1. The minimum atomic E-state index is -0.750. The van der Waals surface area contributed by atoms with Crippen LogP contribution in [0.4, 0.5) is 9.18 Å². The topological polar surface area (TPSA) is 116 Å². The number of Topliss-reactive ketones (excluding diaryl/α,β-unsaturated/α-hetero) is 1. The van der Waals surface area contributed by atoms with Crippen LogP contribution < -0.4 is 0 Å². The fraction of sp³-hybridized carbons (Fsp3) is 0.588. The molecule has 4 heterocycles. The normalized spacial score (nSPS) is 25.5. The first kappa shape index (κ1) is 31.2. The number of ketones is 1. The maximum atomic E-state index is 15.3. The van der Waals surface area contributed by atoms with Crippen LogP contribution in [-0.4, -0.2) is 95.6 Å². The molecule has 10 nitrogen and oxygen atoms in total. The molecule has 1 saturated carbocycles. The zero-order valence-corrected chi connectivity index (χ0v) is 26.2. The number of fused-ring (bicyclic) bond motifs is 3. The van der Waals surface area contributed by atoms with Gasteiger partial charge in [0.2, 0.25) is 0 Å². The Hall–Kier alpha value is -3.75. The fourth-order valence-corrected chi connectivity index (χ4v) is 7.33. The summed E-state index contributed by atoms with van der Waals surface area (Å²) in [5, 5.41) is 9.90. The number of hydrogen-bond donors (Lipinski definition) is 0. The number of rotatable bonds is 7. The molecule has 1 aromatic heterocycles. The summed E-state index contributed by atoms with van der Waals surface area (Å²) in [6.07, 6.45) is 1.95. The lowest BCUT2D eigenvalue weighted by Gasteiger charge is -2.43. The number of nitriles is 1. The number of ether oxygens (including phenoxy) is 2. The maximum absolute atomic E-state index is 15.3. The Morgan fingerprint density at radius 1 is 1.11 bits per heavy atom. The van der Waals surface area contributed by atoms with Gasteiger partial charge in [-0.05, 0) is 76.1 Å². The van der Waals surface area contributed by atoms with Gasteiger partial charge in [0.1, 0.15) is 17.2 Å². The van der Waals surface area contributed by atoms with Crippen molar-refractivity contribution in [1.82, 2.24) is 14.7 Å². The Morgan fingerprint density at radius 3 is 2.69 bits per heavy atom. The number of carbonyl (C=O) groups is 3. The molecule has 4 fully saturated rings. The van der Waals surface area contributed by atoms with Crippen molar-refractivity contribution in [2.24, 2.45) is 11.8 Å². The zero-order valence-electron chi connectivity index (χ0n) is 26.2. The van der Waals surface area contributed by atoms with E-state index in [1.165, 1.54) is 6.07 Å². The third-order valence-corrected chi connectivity index (χ3v) is 9.50. The van der Waals surface area contributed by atoms with Crippen molar-refractivity contribution in [2.75, 3.05) is 39.4 Å². The molecule has 1 unspecified atom stereocenters. The lowest BCUT2D eigenvalue weighted by atomic mass is 9.87. The van der Waals surface area contributed by atoms with Crippen LogP contribution in [0.1, 0.15) is 62.6 Å². The minimum Gasteiger partial charge on any atom is -0.451 e. The molecule has 6 rings (SSSR count). The summed E-state index contributed by atoms with van der Waals surface area (Å²) in [7, 11) is 0. The second kappa shape index (κ2) is 12.6. The Balaban J connectivity index is 1.09. The highest BCUT2D eigenvalue weighted by Crippen LogP contribution is 2.44. The number of morpholine rings is 1. The van der Waals surface area contributed by atoms with Crippen LogP contribution in [0.2, 0.25) is 0 Å². The number of amides is 2. The van der Waals surface area contributed by atoms with Gasteiger partial charge in [0.25, 0.3) is 5.91 Å². The third kappa shape index (κ3) is 6.63. The molecular formula is C34H41FN4O6. The van der Waals surface area contributed by atoms with E-state index in [1.807, 2.05) is 0 Å². The average molecular weight is 621 g/mol. The van der Waals surface area contributed by atoms with Crippen LogP contribution >= 0.6 is 0 Å². The van der Waals surface area contributed by atoms with E-state index in [2.05, 4.69) is 11.0 Å². The van der Waals surface area contributed by atoms with Crippen molar-refractivity contribution < 1.29 is 32.7 Å². The molecule has 1 aromatic carbocycles. The largest absolute Gasteiger partial charge is 0.451 e. The van der Waals surface area contributed by atoms with Crippen molar-refractivity contribution >= 4 is 17.8 Å². The zero-order chi connectivity index (χ0) is 31.9. The van der Waals surface area contributed by atoms with Gasteiger partial charge in [-0.2, -0.15) is 5.26 Å². The van der Waals surface area contributed by atoms with Crippen LogP contribution in [0, 0.1) is 29.0 Å². The number of nitrogens with zero attached hydrogens (tertiary/aromatic N) is 4. The predicted molar refractivity (Wildman–Crippen MR) is 162 cm³/mol. The van der Waals surface area contributed by atoms with Crippen LogP contribution in [0.3, 0.4) is 0 Å². The number of furan rings is 1. The third-order valence-electron chi connectivity index (χ3n) is 9.50. The van der Waals surface area contributed by atoms with E-state index in [9.17, 15) is 19.6 Å². The minimum absolute atomic E-state index is 0.0292. The Bertz CT molecular complexity index is 1490. The molecule has 2 aromatic rings. The highest BCUT2D eigenvalue weighted by molar-refractivity contribution is 5.92. The van der Waals surface area contributed by atoms with E-state index >= 15 is 4.39 Å². The highest BCUT2D eigenvalue weighted by atomic mass is 19.1. The van der Waals surface area contributed by atoms with E-state index in [1.54, 1.807) is 54.8 Å². The van der Waals surface area contributed by atoms with E-state index in [-0.39, 0.29) is 48.3 Å². The van der Waals surface area contributed by atoms with Crippen LogP contribution in [0.5, 0.6) is 0 Å². The molecule has 0 spiro atoms. The first-order valence-corrected chi connectivity index (χ1v) is 15.9. The molecular weight excluding hydrogens is 579 g/mol.